The van der Waals surface area contributed by atoms with E-state index in [0.717, 1.165) is 5.56 Å². The van der Waals surface area contributed by atoms with Gasteiger partial charge in [-0.1, -0.05) is 30.3 Å². The minimum absolute atomic E-state index is 0.101. The summed E-state index contributed by atoms with van der Waals surface area (Å²) in [6, 6.07) is 9.48. The topological polar surface area (TPSA) is 113 Å². The molecule has 2 aromatic rings. The zero-order valence-corrected chi connectivity index (χ0v) is 9.96. The van der Waals surface area contributed by atoms with E-state index in [1.165, 1.54) is 0 Å². The van der Waals surface area contributed by atoms with Gasteiger partial charge in [0.1, 0.15) is 0 Å². The molecular formula is C11H12N6O2. The highest BCUT2D eigenvalue weighted by Gasteiger charge is 2.11. The van der Waals surface area contributed by atoms with Crippen LogP contribution in [0.4, 0.5) is 0 Å². The van der Waals surface area contributed by atoms with Gasteiger partial charge in [-0.05, 0) is 10.8 Å². The minimum Gasteiger partial charge on any atom is -0.350 e. The van der Waals surface area contributed by atoms with Gasteiger partial charge in [0.2, 0.25) is 5.91 Å². The van der Waals surface area contributed by atoms with E-state index in [-0.39, 0.29) is 18.3 Å². The number of aromatic amines is 1. The third-order valence-electron chi connectivity index (χ3n) is 2.29. The molecule has 0 aliphatic heterocycles. The predicted octanol–water partition coefficient (Wildman–Crippen LogP) is -0.754. The van der Waals surface area contributed by atoms with Crippen LogP contribution in [-0.4, -0.2) is 39.0 Å². The van der Waals surface area contributed by atoms with Crippen LogP contribution >= 0.6 is 0 Å². The molecule has 0 aliphatic rings. The Morgan fingerprint density at radius 2 is 1.95 bits per heavy atom. The molecule has 0 bridgehead atoms. The summed E-state index contributed by atoms with van der Waals surface area (Å²) in [5, 5.41) is 17.5. The fourth-order valence-corrected chi connectivity index (χ4v) is 1.36. The number of H-pyrrole nitrogens is 1. The summed E-state index contributed by atoms with van der Waals surface area (Å²) in [6.45, 7) is 0.276. The zero-order valence-electron chi connectivity index (χ0n) is 9.96. The van der Waals surface area contributed by atoms with Crippen LogP contribution in [0.15, 0.2) is 30.3 Å². The van der Waals surface area contributed by atoms with Crippen LogP contribution in [0.2, 0.25) is 0 Å². The van der Waals surface area contributed by atoms with E-state index in [1.54, 1.807) is 0 Å². The van der Waals surface area contributed by atoms with Crippen molar-refractivity contribution >= 4 is 11.8 Å². The molecule has 0 atom stereocenters. The van der Waals surface area contributed by atoms with Gasteiger partial charge in [-0.25, -0.2) is 0 Å². The number of aromatic nitrogens is 4. The molecule has 0 spiro atoms. The fraction of sp³-hybridized carbons (Fsp3) is 0.182. The van der Waals surface area contributed by atoms with Crippen molar-refractivity contribution in [3.05, 3.63) is 41.7 Å². The lowest BCUT2D eigenvalue weighted by molar-refractivity contribution is -0.120. The summed E-state index contributed by atoms with van der Waals surface area (Å²) in [7, 11) is 0. The molecule has 8 nitrogen and oxygen atoms in total. The average molecular weight is 260 g/mol. The lowest BCUT2D eigenvalue weighted by Crippen LogP contribution is -2.37. The zero-order chi connectivity index (χ0) is 13.5. The van der Waals surface area contributed by atoms with Crippen molar-refractivity contribution in [2.24, 2.45) is 0 Å². The van der Waals surface area contributed by atoms with Crippen molar-refractivity contribution in [3.63, 3.8) is 0 Å². The second-order valence-electron chi connectivity index (χ2n) is 3.68. The first-order chi connectivity index (χ1) is 9.25. The van der Waals surface area contributed by atoms with Gasteiger partial charge in [0, 0.05) is 6.54 Å². The Hall–Kier alpha value is -2.77. The Labute approximate surface area is 108 Å². The largest absolute Gasteiger partial charge is 0.350 e. The van der Waals surface area contributed by atoms with Crippen molar-refractivity contribution in [1.82, 2.24) is 31.3 Å². The monoisotopic (exact) mass is 260 g/mol. The van der Waals surface area contributed by atoms with Gasteiger partial charge in [0.25, 0.3) is 11.7 Å². The number of nitrogens with one attached hydrogen (secondary N) is 3. The number of carbonyl (C=O) groups is 2. The van der Waals surface area contributed by atoms with Crippen LogP contribution in [-0.2, 0) is 11.3 Å². The van der Waals surface area contributed by atoms with Crippen LogP contribution in [0.5, 0.6) is 0 Å². The van der Waals surface area contributed by atoms with Crippen molar-refractivity contribution in [1.29, 1.82) is 0 Å². The number of tetrazole rings is 1. The van der Waals surface area contributed by atoms with E-state index < -0.39 is 5.91 Å². The number of nitrogens with zero attached hydrogens (tertiary/aromatic N) is 3. The second kappa shape index (κ2) is 6.24. The van der Waals surface area contributed by atoms with Gasteiger partial charge in [0.15, 0.2) is 0 Å². The predicted molar refractivity (Wildman–Crippen MR) is 64.8 cm³/mol. The fourth-order valence-electron chi connectivity index (χ4n) is 1.36. The van der Waals surface area contributed by atoms with Crippen molar-refractivity contribution in [2.45, 2.75) is 6.54 Å². The first-order valence-electron chi connectivity index (χ1n) is 5.58. The number of hydrogen-bond acceptors (Lipinski definition) is 5. The van der Waals surface area contributed by atoms with Crippen molar-refractivity contribution in [3.8, 4) is 0 Å². The lowest BCUT2D eigenvalue weighted by atomic mass is 10.2. The number of benzene rings is 1. The SMILES string of the molecule is O=C(CNC(=O)c1nn[nH]n1)NCc1ccccc1. The van der Waals surface area contributed by atoms with Crippen molar-refractivity contribution < 1.29 is 9.59 Å². The van der Waals surface area contributed by atoms with E-state index in [9.17, 15) is 9.59 Å². The molecule has 1 heterocycles. The van der Waals surface area contributed by atoms with Crippen LogP contribution in [0.25, 0.3) is 0 Å². The van der Waals surface area contributed by atoms with Crippen LogP contribution < -0.4 is 10.6 Å². The Bertz CT molecular complexity index is 540. The first-order valence-corrected chi connectivity index (χ1v) is 5.58. The van der Waals surface area contributed by atoms with Gasteiger partial charge in [0.05, 0.1) is 6.54 Å². The van der Waals surface area contributed by atoms with E-state index in [2.05, 4.69) is 31.3 Å². The third-order valence-corrected chi connectivity index (χ3v) is 2.29. The molecule has 1 aromatic carbocycles. The Balaban J connectivity index is 1.72. The smallest absolute Gasteiger partial charge is 0.293 e. The second-order valence-corrected chi connectivity index (χ2v) is 3.68. The standard InChI is InChI=1S/C11H12N6O2/c18-9(12-6-8-4-2-1-3-5-8)7-13-11(19)10-14-16-17-15-10/h1-5H,6-7H2,(H,12,18)(H,13,19)(H,14,15,16,17). The highest BCUT2D eigenvalue weighted by atomic mass is 16.2. The molecule has 0 saturated carbocycles. The highest BCUT2D eigenvalue weighted by molar-refractivity contribution is 5.93. The molecule has 0 fully saturated rings. The maximum absolute atomic E-state index is 11.5. The normalized spacial score (nSPS) is 9.89. The number of rotatable bonds is 5. The molecule has 1 aromatic heterocycles. The molecule has 98 valence electrons. The summed E-state index contributed by atoms with van der Waals surface area (Å²) in [5.74, 6) is -0.944. The maximum atomic E-state index is 11.5. The highest BCUT2D eigenvalue weighted by Crippen LogP contribution is 1.96. The minimum atomic E-state index is -0.552. The molecule has 8 heteroatoms. The molecule has 19 heavy (non-hydrogen) atoms. The molecule has 3 N–H and O–H groups in total. The van der Waals surface area contributed by atoms with Gasteiger partial charge in [-0.3, -0.25) is 9.59 Å². The average Bonchev–Trinajstić information content (AvgIpc) is 2.98. The summed E-state index contributed by atoms with van der Waals surface area (Å²) in [6.07, 6.45) is 0. The summed E-state index contributed by atoms with van der Waals surface area (Å²) in [5.41, 5.74) is 0.986. The van der Waals surface area contributed by atoms with Gasteiger partial charge in [-0.2, -0.15) is 5.21 Å². The number of carbonyl (C=O) groups excluding carboxylic acids is 2. The van der Waals surface area contributed by atoms with E-state index in [4.69, 9.17) is 0 Å². The van der Waals surface area contributed by atoms with E-state index in [0.29, 0.717) is 6.54 Å². The van der Waals surface area contributed by atoms with Gasteiger partial charge >= 0.3 is 0 Å². The van der Waals surface area contributed by atoms with Crippen molar-refractivity contribution in [2.75, 3.05) is 6.54 Å². The molecule has 2 amide bonds. The van der Waals surface area contributed by atoms with Crippen LogP contribution in [0.3, 0.4) is 0 Å². The molecule has 0 unspecified atom stereocenters. The quantitative estimate of drug-likeness (QED) is 0.654. The third kappa shape index (κ3) is 3.87. The van der Waals surface area contributed by atoms with Gasteiger partial charge < -0.3 is 10.6 Å². The molecular weight excluding hydrogens is 248 g/mol. The summed E-state index contributed by atoms with van der Waals surface area (Å²) in [4.78, 5) is 22.9. The van der Waals surface area contributed by atoms with Crippen LogP contribution in [0.1, 0.15) is 16.2 Å². The molecule has 2 rings (SSSR count). The van der Waals surface area contributed by atoms with Crippen LogP contribution in [0, 0.1) is 0 Å². The maximum Gasteiger partial charge on any atom is 0.293 e. The van der Waals surface area contributed by atoms with E-state index >= 15 is 0 Å². The molecule has 0 saturated heterocycles. The Morgan fingerprint density at radius 3 is 2.63 bits per heavy atom. The number of amides is 2. The Morgan fingerprint density at radius 1 is 1.16 bits per heavy atom. The van der Waals surface area contributed by atoms with Gasteiger partial charge in [-0.15, -0.1) is 10.2 Å². The number of hydrogen-bond donors (Lipinski definition) is 3. The summed E-state index contributed by atoms with van der Waals surface area (Å²) < 4.78 is 0. The summed E-state index contributed by atoms with van der Waals surface area (Å²) >= 11 is 0. The lowest BCUT2D eigenvalue weighted by Gasteiger charge is -2.05. The molecule has 0 aliphatic carbocycles. The Kier molecular flexibility index (Phi) is 4.17. The first kappa shape index (κ1) is 12.7. The molecule has 0 radical (unpaired) electrons. The van der Waals surface area contributed by atoms with E-state index in [1.807, 2.05) is 30.3 Å².